The molecule has 3 heteroatoms. The standard InChI is InChI=1S/C42H26N2O/c1-3-10-27(11-4-1)38-24-30(25-39(44-38)28-12-5-2-6-13-28)29-18-20-37-31(22-29)23-32(26-43-37)33-19-21-41-42-35(33)15-9-16-36(42)34-14-7-8-17-40(34)45-41/h1-26H. The average Bonchev–Trinajstić information content (AvgIpc) is 3.12. The fourth-order valence-corrected chi connectivity index (χ4v) is 6.50. The third-order valence-corrected chi connectivity index (χ3v) is 8.69. The lowest BCUT2D eigenvalue weighted by Crippen LogP contribution is -1.97. The van der Waals surface area contributed by atoms with E-state index in [0.717, 1.165) is 83.5 Å². The van der Waals surface area contributed by atoms with Gasteiger partial charge in [0.1, 0.15) is 11.5 Å². The van der Waals surface area contributed by atoms with E-state index in [-0.39, 0.29) is 0 Å². The quantitative estimate of drug-likeness (QED) is 0.210. The van der Waals surface area contributed by atoms with Gasteiger partial charge >= 0.3 is 0 Å². The third kappa shape index (κ3) is 4.37. The second kappa shape index (κ2) is 10.3. The van der Waals surface area contributed by atoms with Crippen molar-refractivity contribution in [3.05, 3.63) is 158 Å². The maximum Gasteiger partial charge on any atom is 0.135 e. The van der Waals surface area contributed by atoms with Crippen LogP contribution in [0.4, 0.5) is 0 Å². The second-order valence-electron chi connectivity index (χ2n) is 11.4. The van der Waals surface area contributed by atoms with E-state index in [4.69, 9.17) is 14.7 Å². The summed E-state index contributed by atoms with van der Waals surface area (Å²) in [5.41, 5.74) is 11.8. The first-order chi connectivity index (χ1) is 22.3. The van der Waals surface area contributed by atoms with Crippen molar-refractivity contribution >= 4 is 21.7 Å². The Morgan fingerprint density at radius 1 is 0.422 bits per heavy atom. The van der Waals surface area contributed by atoms with Crippen molar-refractivity contribution in [2.75, 3.05) is 0 Å². The summed E-state index contributed by atoms with van der Waals surface area (Å²) in [4.78, 5) is 9.96. The molecular weight excluding hydrogens is 548 g/mol. The molecule has 0 amide bonds. The topological polar surface area (TPSA) is 35.0 Å². The molecule has 8 aromatic rings. The summed E-state index contributed by atoms with van der Waals surface area (Å²) in [6, 6.07) is 52.9. The molecule has 1 aliphatic heterocycles. The van der Waals surface area contributed by atoms with Gasteiger partial charge in [0.25, 0.3) is 0 Å². The number of hydrogen-bond acceptors (Lipinski definition) is 3. The van der Waals surface area contributed by atoms with Crippen LogP contribution in [0.25, 0.3) is 77.6 Å². The van der Waals surface area contributed by atoms with Crippen LogP contribution in [-0.4, -0.2) is 9.97 Å². The molecule has 0 saturated heterocycles. The van der Waals surface area contributed by atoms with E-state index in [1.54, 1.807) is 0 Å². The molecule has 0 aliphatic carbocycles. The first kappa shape index (κ1) is 25.4. The number of hydrogen-bond donors (Lipinski definition) is 0. The number of para-hydroxylation sites is 1. The van der Waals surface area contributed by atoms with Gasteiger partial charge in [0.15, 0.2) is 0 Å². The number of pyridine rings is 2. The van der Waals surface area contributed by atoms with Gasteiger partial charge in [-0.2, -0.15) is 0 Å². The summed E-state index contributed by atoms with van der Waals surface area (Å²) in [6.45, 7) is 0. The number of aromatic nitrogens is 2. The van der Waals surface area contributed by atoms with Gasteiger partial charge in [-0.05, 0) is 76.2 Å². The molecule has 0 saturated carbocycles. The number of benzene rings is 6. The summed E-state index contributed by atoms with van der Waals surface area (Å²) in [5, 5.41) is 3.39. The Morgan fingerprint density at radius 3 is 1.89 bits per heavy atom. The van der Waals surface area contributed by atoms with E-state index in [1.165, 1.54) is 5.56 Å². The van der Waals surface area contributed by atoms with E-state index in [0.29, 0.717) is 0 Å². The Labute approximate surface area is 261 Å². The molecule has 0 atom stereocenters. The van der Waals surface area contributed by atoms with Crippen molar-refractivity contribution < 1.29 is 4.74 Å². The SMILES string of the molecule is c1ccc(-c2cc(-c3ccc4ncc(-c5ccc6c7c(cccc57)-c5ccccc5O6)cc4c3)cc(-c3ccccc3)n2)cc1. The van der Waals surface area contributed by atoms with Gasteiger partial charge in [-0.1, -0.05) is 103 Å². The molecular formula is C42H26N2O. The molecule has 0 bridgehead atoms. The molecule has 0 radical (unpaired) electrons. The van der Waals surface area contributed by atoms with Crippen molar-refractivity contribution in [1.29, 1.82) is 0 Å². The highest BCUT2D eigenvalue weighted by atomic mass is 16.5. The zero-order valence-corrected chi connectivity index (χ0v) is 24.3. The first-order valence-electron chi connectivity index (χ1n) is 15.1. The highest BCUT2D eigenvalue weighted by Gasteiger charge is 2.21. The van der Waals surface area contributed by atoms with Gasteiger partial charge in [-0.15, -0.1) is 0 Å². The largest absolute Gasteiger partial charge is 0.456 e. The summed E-state index contributed by atoms with van der Waals surface area (Å²) in [6.07, 6.45) is 1.98. The third-order valence-electron chi connectivity index (χ3n) is 8.69. The predicted molar refractivity (Wildman–Crippen MR) is 184 cm³/mol. The Hall–Kier alpha value is -6.06. The van der Waals surface area contributed by atoms with Crippen molar-refractivity contribution in [3.63, 3.8) is 0 Å². The zero-order chi connectivity index (χ0) is 29.7. The predicted octanol–water partition coefficient (Wildman–Crippen LogP) is 11.2. The normalized spacial score (nSPS) is 11.7. The lowest BCUT2D eigenvalue weighted by atomic mass is 9.90. The lowest BCUT2D eigenvalue weighted by molar-refractivity contribution is 0.487. The summed E-state index contributed by atoms with van der Waals surface area (Å²) in [5.74, 6) is 1.78. The fourth-order valence-electron chi connectivity index (χ4n) is 6.50. The molecule has 210 valence electrons. The molecule has 0 spiro atoms. The Bertz CT molecular complexity index is 2340. The highest BCUT2D eigenvalue weighted by molar-refractivity contribution is 6.10. The molecule has 6 aromatic carbocycles. The number of nitrogens with zero attached hydrogens (tertiary/aromatic N) is 2. The lowest BCUT2D eigenvalue weighted by Gasteiger charge is -2.22. The molecule has 3 nitrogen and oxygen atoms in total. The molecule has 9 rings (SSSR count). The van der Waals surface area contributed by atoms with E-state index in [9.17, 15) is 0 Å². The minimum Gasteiger partial charge on any atom is -0.456 e. The number of rotatable bonds is 4. The minimum absolute atomic E-state index is 0.889. The van der Waals surface area contributed by atoms with Gasteiger partial charge in [0.2, 0.25) is 0 Å². The Balaban J connectivity index is 1.18. The van der Waals surface area contributed by atoms with Gasteiger partial charge in [-0.25, -0.2) is 4.98 Å². The number of ether oxygens (including phenoxy) is 1. The van der Waals surface area contributed by atoms with E-state index in [2.05, 4.69) is 127 Å². The summed E-state index contributed by atoms with van der Waals surface area (Å²) >= 11 is 0. The Morgan fingerprint density at radius 2 is 1.11 bits per heavy atom. The minimum atomic E-state index is 0.889. The van der Waals surface area contributed by atoms with Crippen LogP contribution in [0.1, 0.15) is 0 Å². The van der Waals surface area contributed by atoms with Crippen molar-refractivity contribution in [2.45, 2.75) is 0 Å². The molecule has 0 unspecified atom stereocenters. The van der Waals surface area contributed by atoms with Gasteiger partial charge in [-0.3, -0.25) is 4.98 Å². The van der Waals surface area contributed by atoms with Crippen LogP contribution >= 0.6 is 0 Å². The van der Waals surface area contributed by atoms with Crippen LogP contribution in [0.3, 0.4) is 0 Å². The van der Waals surface area contributed by atoms with Gasteiger partial charge in [0.05, 0.1) is 16.9 Å². The molecule has 1 aliphatic rings. The van der Waals surface area contributed by atoms with Crippen LogP contribution in [-0.2, 0) is 0 Å². The molecule has 0 fully saturated rings. The van der Waals surface area contributed by atoms with Crippen LogP contribution in [0.5, 0.6) is 11.5 Å². The van der Waals surface area contributed by atoms with E-state index in [1.807, 2.05) is 30.5 Å². The van der Waals surface area contributed by atoms with E-state index >= 15 is 0 Å². The van der Waals surface area contributed by atoms with Crippen LogP contribution in [0.15, 0.2) is 158 Å². The maximum atomic E-state index is 6.34. The molecule has 3 heterocycles. The van der Waals surface area contributed by atoms with E-state index < -0.39 is 0 Å². The maximum absolute atomic E-state index is 6.34. The number of fused-ring (bicyclic) bond motifs is 3. The molecule has 0 N–H and O–H groups in total. The van der Waals surface area contributed by atoms with Crippen molar-refractivity contribution in [3.8, 4) is 67.4 Å². The second-order valence-corrected chi connectivity index (χ2v) is 11.4. The zero-order valence-electron chi connectivity index (χ0n) is 24.3. The molecule has 2 aromatic heterocycles. The summed E-state index contributed by atoms with van der Waals surface area (Å²) in [7, 11) is 0. The monoisotopic (exact) mass is 574 g/mol. The van der Waals surface area contributed by atoms with Gasteiger partial charge < -0.3 is 4.74 Å². The van der Waals surface area contributed by atoms with Crippen LogP contribution < -0.4 is 4.74 Å². The highest BCUT2D eigenvalue weighted by Crippen LogP contribution is 2.48. The smallest absolute Gasteiger partial charge is 0.135 e. The van der Waals surface area contributed by atoms with Gasteiger partial charge in [0, 0.05) is 39.2 Å². The van der Waals surface area contributed by atoms with Crippen LogP contribution in [0.2, 0.25) is 0 Å². The summed E-state index contributed by atoms with van der Waals surface area (Å²) < 4.78 is 6.34. The fraction of sp³-hybridized carbons (Fsp3) is 0. The Kier molecular flexibility index (Phi) is 5.82. The first-order valence-corrected chi connectivity index (χ1v) is 15.1. The van der Waals surface area contributed by atoms with Crippen LogP contribution in [0, 0.1) is 0 Å². The van der Waals surface area contributed by atoms with Crippen molar-refractivity contribution in [1.82, 2.24) is 9.97 Å². The molecule has 45 heavy (non-hydrogen) atoms. The average molecular weight is 575 g/mol. The van der Waals surface area contributed by atoms with Crippen molar-refractivity contribution in [2.24, 2.45) is 0 Å².